The molecule has 0 spiro atoms. The van der Waals surface area contributed by atoms with Crippen LogP contribution in [0.5, 0.6) is 0 Å². The zero-order valence-electron chi connectivity index (χ0n) is 5.07. The van der Waals surface area contributed by atoms with Crippen LogP contribution < -0.4 is 4.59 Å². The molecule has 1 nitrogen and oxygen atoms in total. The van der Waals surface area contributed by atoms with E-state index in [9.17, 15) is 0 Å². The average Bonchev–Trinajstić information content (AvgIpc) is 1.91. The molecule has 0 aliphatic carbocycles. The van der Waals surface area contributed by atoms with E-state index in [1.54, 1.807) is 0 Å². The Bertz CT molecular complexity index is 166. The summed E-state index contributed by atoms with van der Waals surface area (Å²) in [5.41, 5.74) is 0. The van der Waals surface area contributed by atoms with Gasteiger partial charge >= 0.3 is 64.2 Å². The Morgan fingerprint density at radius 2 is 2.44 bits per heavy atom. The Morgan fingerprint density at radius 3 is 3.00 bits per heavy atom. The molecule has 0 unspecified atom stereocenters. The predicted octanol–water partition coefficient (Wildman–Crippen LogP) is 0.689. The molecule has 0 aliphatic heterocycles. The Morgan fingerprint density at radius 1 is 1.56 bits per heavy atom. The maximum absolute atomic E-state index is 4.18. The fourth-order valence-corrected chi connectivity index (χ4v) is 2.74. The van der Waals surface area contributed by atoms with Crippen LogP contribution in [-0.2, 0) is 0 Å². The fourth-order valence-electron chi connectivity index (χ4n) is 0.482. The van der Waals surface area contributed by atoms with Gasteiger partial charge in [-0.3, -0.25) is 0 Å². The maximum atomic E-state index is 4.18. The van der Waals surface area contributed by atoms with Crippen molar-refractivity contribution >= 4 is 28.6 Å². The summed E-state index contributed by atoms with van der Waals surface area (Å²) in [6.45, 7) is 0. The van der Waals surface area contributed by atoms with E-state index in [0.717, 1.165) is 0 Å². The van der Waals surface area contributed by atoms with Crippen molar-refractivity contribution in [3.63, 3.8) is 0 Å². The Balaban J connectivity index is 2.61. The molecule has 0 saturated heterocycles. The van der Waals surface area contributed by atoms with Crippen LogP contribution in [0.4, 0.5) is 0 Å². The summed E-state index contributed by atoms with van der Waals surface area (Å²) in [4.78, 5) is 4.18. The summed E-state index contributed by atoms with van der Waals surface area (Å²) in [6, 6.07) is 6.04. The van der Waals surface area contributed by atoms with Crippen LogP contribution in [0, 0.1) is 0 Å². The van der Waals surface area contributed by atoms with Gasteiger partial charge in [-0.05, 0) is 0 Å². The summed E-state index contributed by atoms with van der Waals surface area (Å²) < 4.78 is 1.22. The molecule has 1 heterocycles. The second-order valence-electron chi connectivity index (χ2n) is 1.42. The summed E-state index contributed by atoms with van der Waals surface area (Å²) in [6.07, 6.45) is 3.95. The second-order valence-corrected chi connectivity index (χ2v) is 5.94. The van der Waals surface area contributed by atoms with Crippen LogP contribution in [0.15, 0.2) is 24.4 Å². The van der Waals surface area contributed by atoms with Gasteiger partial charge in [-0.25, -0.2) is 0 Å². The van der Waals surface area contributed by atoms with E-state index >= 15 is 0 Å². The molecule has 0 aromatic carbocycles. The van der Waals surface area contributed by atoms with Crippen LogP contribution in [-0.4, -0.2) is 25.1 Å². The minimum atomic E-state index is 0.515. The van der Waals surface area contributed by atoms with Gasteiger partial charge in [-0.2, -0.15) is 0 Å². The zero-order valence-corrected chi connectivity index (χ0v) is 7.60. The standard InChI is InChI=1S/C6H7NSSe/c1-8-9-6-4-2-3-5-7-6/h2-5H,1H3. The number of pyridine rings is 1. The summed E-state index contributed by atoms with van der Waals surface area (Å²) in [5, 5.41) is 0. The van der Waals surface area contributed by atoms with E-state index in [1.807, 2.05) is 28.5 Å². The molecular formula is C6H7NSSe. The Kier molecular flexibility index (Phi) is 3.12. The third-order valence-corrected chi connectivity index (χ3v) is 3.77. The van der Waals surface area contributed by atoms with Crippen molar-refractivity contribution in [1.29, 1.82) is 0 Å². The zero-order chi connectivity index (χ0) is 6.53. The SMILES string of the molecule is CS[Se]c1ccccn1. The van der Waals surface area contributed by atoms with Gasteiger partial charge < -0.3 is 0 Å². The van der Waals surface area contributed by atoms with Crippen molar-refractivity contribution in [3.8, 4) is 0 Å². The molecule has 1 rings (SSSR count). The molecule has 0 fully saturated rings. The third kappa shape index (κ3) is 2.39. The normalized spacial score (nSPS) is 9.44. The third-order valence-electron chi connectivity index (χ3n) is 0.806. The molecule has 0 aliphatic rings. The van der Waals surface area contributed by atoms with Crippen molar-refractivity contribution in [2.75, 3.05) is 6.26 Å². The first-order chi connectivity index (χ1) is 4.43. The van der Waals surface area contributed by atoms with Gasteiger partial charge in [0.2, 0.25) is 0 Å². The molecule has 0 N–H and O–H groups in total. The quantitative estimate of drug-likeness (QED) is 0.657. The van der Waals surface area contributed by atoms with Crippen LogP contribution in [0.2, 0.25) is 0 Å². The number of nitrogens with zero attached hydrogens (tertiary/aromatic N) is 1. The molecule has 0 amide bonds. The summed E-state index contributed by atoms with van der Waals surface area (Å²) in [5.74, 6) is 0. The first kappa shape index (κ1) is 7.13. The Hall–Kier alpha value is 0.0195. The predicted molar refractivity (Wildman–Crippen MR) is 43.1 cm³/mol. The van der Waals surface area contributed by atoms with Crippen molar-refractivity contribution in [2.24, 2.45) is 0 Å². The molecule has 0 saturated carbocycles. The molecule has 3 heteroatoms. The average molecular weight is 204 g/mol. The van der Waals surface area contributed by atoms with Crippen molar-refractivity contribution in [1.82, 2.24) is 4.98 Å². The van der Waals surface area contributed by atoms with E-state index < -0.39 is 0 Å². The Labute approximate surface area is 64.5 Å². The van der Waals surface area contributed by atoms with Gasteiger partial charge in [0.15, 0.2) is 0 Å². The van der Waals surface area contributed by atoms with E-state index in [1.165, 1.54) is 4.59 Å². The van der Waals surface area contributed by atoms with Gasteiger partial charge in [0.25, 0.3) is 0 Å². The summed E-state index contributed by atoms with van der Waals surface area (Å²) >= 11 is 0.515. The number of rotatable bonds is 2. The van der Waals surface area contributed by atoms with Crippen LogP contribution in [0.3, 0.4) is 0 Å². The van der Waals surface area contributed by atoms with Gasteiger partial charge in [-0.1, -0.05) is 0 Å². The van der Waals surface area contributed by atoms with Gasteiger partial charge in [-0.15, -0.1) is 0 Å². The van der Waals surface area contributed by atoms with Crippen molar-refractivity contribution < 1.29 is 0 Å². The molecule has 0 bridgehead atoms. The number of hydrogen-bond acceptors (Lipinski definition) is 2. The first-order valence-corrected chi connectivity index (χ1v) is 6.65. The van der Waals surface area contributed by atoms with Gasteiger partial charge in [0.05, 0.1) is 0 Å². The van der Waals surface area contributed by atoms with Crippen LogP contribution in [0.25, 0.3) is 0 Å². The topological polar surface area (TPSA) is 12.9 Å². The number of aromatic nitrogens is 1. The molecular weight excluding hydrogens is 197 g/mol. The van der Waals surface area contributed by atoms with E-state index in [4.69, 9.17) is 0 Å². The van der Waals surface area contributed by atoms with Crippen molar-refractivity contribution in [3.05, 3.63) is 24.4 Å². The molecule has 0 radical (unpaired) electrons. The number of hydrogen-bond donors (Lipinski definition) is 0. The van der Waals surface area contributed by atoms with Crippen LogP contribution in [0.1, 0.15) is 0 Å². The molecule has 9 heavy (non-hydrogen) atoms. The molecule has 1 aromatic rings. The monoisotopic (exact) mass is 205 g/mol. The fraction of sp³-hybridized carbons (Fsp3) is 0.167. The van der Waals surface area contributed by atoms with Crippen molar-refractivity contribution in [2.45, 2.75) is 0 Å². The van der Waals surface area contributed by atoms with Gasteiger partial charge in [0.1, 0.15) is 0 Å². The minimum absolute atomic E-state index is 0.515. The van der Waals surface area contributed by atoms with Gasteiger partial charge in [0, 0.05) is 0 Å². The first-order valence-electron chi connectivity index (χ1n) is 2.55. The van der Waals surface area contributed by atoms with Crippen LogP contribution >= 0.6 is 10.2 Å². The van der Waals surface area contributed by atoms with E-state index in [-0.39, 0.29) is 0 Å². The van der Waals surface area contributed by atoms with E-state index in [0.29, 0.717) is 13.8 Å². The molecule has 48 valence electrons. The second kappa shape index (κ2) is 3.94. The summed E-state index contributed by atoms with van der Waals surface area (Å²) in [7, 11) is 1.85. The molecule has 0 atom stereocenters. The molecule has 1 aromatic heterocycles. The van der Waals surface area contributed by atoms with E-state index in [2.05, 4.69) is 17.3 Å².